The third-order valence-corrected chi connectivity index (χ3v) is 4.17. The van der Waals surface area contributed by atoms with Crippen molar-refractivity contribution in [2.24, 2.45) is 11.1 Å². The molecule has 19 heavy (non-hydrogen) atoms. The fourth-order valence-electron chi connectivity index (χ4n) is 2.81. The van der Waals surface area contributed by atoms with E-state index in [4.69, 9.17) is 5.73 Å². The van der Waals surface area contributed by atoms with Crippen LogP contribution in [0.25, 0.3) is 0 Å². The molecule has 0 radical (unpaired) electrons. The number of carbonyl (C=O) groups excluding carboxylic acids is 1. The van der Waals surface area contributed by atoms with Gasteiger partial charge in [-0.1, -0.05) is 36.8 Å². The average Bonchev–Trinajstić information content (AvgIpc) is 2.35. The van der Waals surface area contributed by atoms with Crippen LogP contribution < -0.4 is 11.1 Å². The smallest absolute Gasteiger partial charge is 0.220 e. The Morgan fingerprint density at radius 2 is 2.05 bits per heavy atom. The Labute approximate surface area is 115 Å². The summed E-state index contributed by atoms with van der Waals surface area (Å²) in [5.74, 6) is 0.147. The van der Waals surface area contributed by atoms with Crippen molar-refractivity contribution in [2.45, 2.75) is 45.1 Å². The van der Waals surface area contributed by atoms with Gasteiger partial charge in [0.05, 0.1) is 0 Å². The van der Waals surface area contributed by atoms with Gasteiger partial charge in [0.25, 0.3) is 0 Å². The number of amides is 1. The quantitative estimate of drug-likeness (QED) is 0.824. The largest absolute Gasteiger partial charge is 0.353 e. The summed E-state index contributed by atoms with van der Waals surface area (Å²) in [6.45, 7) is 2.69. The van der Waals surface area contributed by atoms with Gasteiger partial charge in [-0.3, -0.25) is 4.79 Å². The molecular weight excluding hydrogens is 236 g/mol. The summed E-state index contributed by atoms with van der Waals surface area (Å²) in [6.07, 6.45) is 4.88. The Kier molecular flexibility index (Phi) is 4.59. The van der Waals surface area contributed by atoms with Gasteiger partial charge in [0.1, 0.15) is 0 Å². The molecule has 0 aromatic heterocycles. The van der Waals surface area contributed by atoms with Crippen LogP contribution >= 0.6 is 0 Å². The molecule has 1 aliphatic rings. The zero-order valence-electron chi connectivity index (χ0n) is 11.7. The van der Waals surface area contributed by atoms with Crippen molar-refractivity contribution in [1.29, 1.82) is 0 Å². The Hall–Kier alpha value is -1.35. The fourth-order valence-corrected chi connectivity index (χ4v) is 2.81. The molecule has 2 rings (SSSR count). The lowest BCUT2D eigenvalue weighted by atomic mass is 9.66. The molecule has 1 aromatic carbocycles. The molecular formula is C16H24N2O. The molecule has 1 saturated carbocycles. The molecule has 1 atom stereocenters. The second-order valence-corrected chi connectivity index (χ2v) is 5.89. The van der Waals surface area contributed by atoms with Crippen LogP contribution in [0.1, 0.15) is 38.2 Å². The van der Waals surface area contributed by atoms with Crippen molar-refractivity contribution in [3.8, 4) is 0 Å². The van der Waals surface area contributed by atoms with Gasteiger partial charge in [0.2, 0.25) is 5.91 Å². The maximum Gasteiger partial charge on any atom is 0.220 e. The van der Waals surface area contributed by atoms with Gasteiger partial charge < -0.3 is 11.1 Å². The SMILES string of the molecule is CC(Cc1ccccc1)NC(=O)CC1(CN)CCC1. The van der Waals surface area contributed by atoms with Crippen molar-refractivity contribution in [2.75, 3.05) is 6.54 Å². The number of hydrogen-bond donors (Lipinski definition) is 2. The molecule has 3 heteroatoms. The van der Waals surface area contributed by atoms with Gasteiger partial charge in [-0.25, -0.2) is 0 Å². The van der Waals surface area contributed by atoms with E-state index in [9.17, 15) is 4.79 Å². The lowest BCUT2D eigenvalue weighted by Gasteiger charge is -2.40. The van der Waals surface area contributed by atoms with Crippen molar-refractivity contribution < 1.29 is 4.79 Å². The van der Waals surface area contributed by atoms with Gasteiger partial charge >= 0.3 is 0 Å². The van der Waals surface area contributed by atoms with Gasteiger partial charge in [0, 0.05) is 12.5 Å². The summed E-state index contributed by atoms with van der Waals surface area (Å²) in [7, 11) is 0. The van der Waals surface area contributed by atoms with Crippen molar-refractivity contribution in [3.63, 3.8) is 0 Å². The molecule has 1 aliphatic carbocycles. The first-order valence-electron chi connectivity index (χ1n) is 7.17. The molecule has 1 fully saturated rings. The average molecular weight is 260 g/mol. The highest BCUT2D eigenvalue weighted by Gasteiger charge is 2.37. The topological polar surface area (TPSA) is 55.1 Å². The minimum absolute atomic E-state index is 0.0938. The highest BCUT2D eigenvalue weighted by atomic mass is 16.1. The zero-order valence-corrected chi connectivity index (χ0v) is 11.7. The molecule has 1 aromatic rings. The Balaban J connectivity index is 1.79. The monoisotopic (exact) mass is 260 g/mol. The number of nitrogens with two attached hydrogens (primary N) is 1. The summed E-state index contributed by atoms with van der Waals surface area (Å²) in [4.78, 5) is 12.0. The van der Waals surface area contributed by atoms with E-state index in [1.165, 1.54) is 12.0 Å². The zero-order chi connectivity index (χ0) is 13.7. The number of rotatable bonds is 6. The third-order valence-electron chi connectivity index (χ3n) is 4.17. The van der Waals surface area contributed by atoms with E-state index in [1.54, 1.807) is 0 Å². The first-order valence-corrected chi connectivity index (χ1v) is 7.17. The minimum Gasteiger partial charge on any atom is -0.353 e. The summed E-state index contributed by atoms with van der Waals surface area (Å²) in [6, 6.07) is 10.4. The van der Waals surface area contributed by atoms with Gasteiger partial charge in [0.15, 0.2) is 0 Å². The van der Waals surface area contributed by atoms with E-state index >= 15 is 0 Å². The van der Waals surface area contributed by atoms with Gasteiger partial charge in [-0.15, -0.1) is 0 Å². The molecule has 104 valence electrons. The van der Waals surface area contributed by atoms with Gasteiger partial charge in [-0.2, -0.15) is 0 Å². The highest BCUT2D eigenvalue weighted by Crippen LogP contribution is 2.42. The van der Waals surface area contributed by atoms with Crippen LogP contribution in [0.15, 0.2) is 30.3 Å². The number of hydrogen-bond acceptors (Lipinski definition) is 2. The highest BCUT2D eigenvalue weighted by molar-refractivity contribution is 5.77. The molecule has 3 nitrogen and oxygen atoms in total. The Morgan fingerprint density at radius 1 is 1.37 bits per heavy atom. The second kappa shape index (κ2) is 6.20. The Morgan fingerprint density at radius 3 is 2.58 bits per heavy atom. The van der Waals surface area contributed by atoms with E-state index in [2.05, 4.69) is 24.4 Å². The summed E-state index contributed by atoms with van der Waals surface area (Å²) in [5, 5.41) is 3.09. The molecule has 0 saturated heterocycles. The molecule has 3 N–H and O–H groups in total. The normalized spacial score (nSPS) is 18.4. The predicted octanol–water partition coefficient (Wildman–Crippen LogP) is 2.25. The first-order chi connectivity index (χ1) is 9.13. The summed E-state index contributed by atoms with van der Waals surface area (Å²) >= 11 is 0. The van der Waals surface area contributed by atoms with Crippen molar-refractivity contribution in [3.05, 3.63) is 35.9 Å². The summed E-state index contributed by atoms with van der Waals surface area (Å²) < 4.78 is 0. The maximum absolute atomic E-state index is 12.0. The second-order valence-electron chi connectivity index (χ2n) is 5.89. The molecule has 0 spiro atoms. The van der Waals surface area contributed by atoms with Crippen LogP contribution in [0.2, 0.25) is 0 Å². The van der Waals surface area contributed by atoms with Crippen LogP contribution in [-0.4, -0.2) is 18.5 Å². The minimum atomic E-state index is 0.0938. The number of carbonyl (C=O) groups is 1. The molecule has 0 heterocycles. The molecule has 1 unspecified atom stereocenters. The maximum atomic E-state index is 12.0. The lowest BCUT2D eigenvalue weighted by molar-refractivity contribution is -0.125. The van der Waals surface area contributed by atoms with Crippen molar-refractivity contribution in [1.82, 2.24) is 5.32 Å². The molecule has 1 amide bonds. The van der Waals surface area contributed by atoms with Gasteiger partial charge in [-0.05, 0) is 43.7 Å². The summed E-state index contributed by atoms with van der Waals surface area (Å²) in [5.41, 5.74) is 7.14. The molecule has 0 aliphatic heterocycles. The van der Waals surface area contributed by atoms with E-state index in [1.807, 2.05) is 18.2 Å². The van der Waals surface area contributed by atoms with E-state index < -0.39 is 0 Å². The molecule has 0 bridgehead atoms. The lowest BCUT2D eigenvalue weighted by Crippen LogP contribution is -2.44. The van der Waals surface area contributed by atoms with E-state index in [0.717, 1.165) is 19.3 Å². The Bertz CT molecular complexity index is 407. The van der Waals surface area contributed by atoms with Crippen LogP contribution in [0.5, 0.6) is 0 Å². The van der Waals surface area contributed by atoms with E-state index in [0.29, 0.717) is 13.0 Å². The van der Waals surface area contributed by atoms with Crippen LogP contribution in [0.4, 0.5) is 0 Å². The fraction of sp³-hybridized carbons (Fsp3) is 0.562. The van der Waals surface area contributed by atoms with Crippen LogP contribution in [-0.2, 0) is 11.2 Å². The first kappa shape index (κ1) is 14.1. The van der Waals surface area contributed by atoms with Crippen molar-refractivity contribution >= 4 is 5.91 Å². The van der Waals surface area contributed by atoms with Crippen LogP contribution in [0.3, 0.4) is 0 Å². The number of benzene rings is 1. The predicted molar refractivity (Wildman–Crippen MR) is 77.7 cm³/mol. The van der Waals surface area contributed by atoms with Crippen LogP contribution in [0, 0.1) is 5.41 Å². The third kappa shape index (κ3) is 3.80. The standard InChI is InChI=1S/C16H24N2O/c1-13(10-14-6-3-2-4-7-14)18-15(19)11-16(12-17)8-5-9-16/h2-4,6-7,13H,5,8-12,17H2,1H3,(H,18,19). The number of nitrogens with one attached hydrogen (secondary N) is 1. The van der Waals surface area contributed by atoms with E-state index in [-0.39, 0.29) is 17.4 Å².